The molecule has 2 N–H and O–H groups in total. The number of phosphoric ester groups is 1. The molecule has 4 atom stereocenters. The number of hydrogen-bond donors (Lipinski definition) is 2. The number of nitrogens with zero attached hydrogens (tertiary/aromatic N) is 2. The van der Waals surface area contributed by atoms with Crippen molar-refractivity contribution in [3.63, 3.8) is 0 Å². The van der Waals surface area contributed by atoms with E-state index >= 15 is 4.39 Å². The van der Waals surface area contributed by atoms with Gasteiger partial charge in [0.15, 0.2) is 16.0 Å². The SMILES string of the molecule is CC(C)(CN1C(=O)[C@H](F)C[C@H]1C(=O)N1CC[C@@]2(S(=O)(=O)c3ccc(F)cc3)c3ccc(C(F)(C(F)(F)F)C(F)(F)F)cc3CC[C@@H]12)OP(=O)(O)O. The number of carbonyl (C=O) groups excluding carboxylic acids is 2. The highest BCUT2D eigenvalue weighted by atomic mass is 32.2. The van der Waals surface area contributed by atoms with Crippen molar-refractivity contribution in [3.8, 4) is 0 Å². The summed E-state index contributed by atoms with van der Waals surface area (Å²) in [6.45, 7) is 1.15. The Morgan fingerprint density at radius 2 is 1.61 bits per heavy atom. The topological polar surface area (TPSA) is 142 Å². The Hall–Kier alpha value is -3.19. The zero-order chi connectivity index (χ0) is 38.3. The van der Waals surface area contributed by atoms with Crippen LogP contribution in [-0.2, 0) is 45.4 Å². The van der Waals surface area contributed by atoms with Crippen LogP contribution in [0.1, 0.15) is 49.8 Å². The number of aryl methyl sites for hydroxylation is 1. The monoisotopic (exact) mass is 780 g/mol. The maximum atomic E-state index is 15.1. The first-order valence-electron chi connectivity index (χ1n) is 15.2. The van der Waals surface area contributed by atoms with Crippen molar-refractivity contribution in [3.05, 3.63) is 65.0 Å². The molecule has 0 saturated carbocycles. The largest absolute Gasteiger partial charge is 0.470 e. The summed E-state index contributed by atoms with van der Waals surface area (Å²) in [6.07, 6.45) is -17.3. The first-order chi connectivity index (χ1) is 23.2. The fourth-order valence-electron chi connectivity index (χ4n) is 7.45. The summed E-state index contributed by atoms with van der Waals surface area (Å²) in [5.41, 5.74) is -10.2. The van der Waals surface area contributed by atoms with Gasteiger partial charge in [-0.15, -0.1) is 0 Å². The molecule has 0 aromatic heterocycles. The van der Waals surface area contributed by atoms with Crippen molar-refractivity contribution >= 4 is 29.5 Å². The maximum Gasteiger partial charge on any atom is 0.470 e. The molecule has 3 aliphatic rings. The molecule has 21 heteroatoms. The van der Waals surface area contributed by atoms with E-state index in [-0.39, 0.29) is 17.7 Å². The summed E-state index contributed by atoms with van der Waals surface area (Å²) in [5, 5.41) is 0. The molecule has 2 heterocycles. The van der Waals surface area contributed by atoms with Gasteiger partial charge in [-0.2, -0.15) is 26.3 Å². The second-order valence-corrected chi connectivity index (χ2v) is 16.6. The van der Waals surface area contributed by atoms with Gasteiger partial charge in [0.25, 0.3) is 5.91 Å². The van der Waals surface area contributed by atoms with Crippen LogP contribution in [-0.4, -0.2) is 89.1 Å². The van der Waals surface area contributed by atoms with Crippen LogP contribution in [0.4, 0.5) is 39.5 Å². The minimum Gasteiger partial charge on any atom is -0.336 e. The molecule has 0 spiro atoms. The van der Waals surface area contributed by atoms with Gasteiger partial charge in [-0.3, -0.25) is 14.1 Å². The summed E-state index contributed by atoms with van der Waals surface area (Å²) >= 11 is 0. The lowest BCUT2D eigenvalue weighted by Crippen LogP contribution is -2.56. The molecule has 1 aliphatic carbocycles. The highest BCUT2D eigenvalue weighted by Crippen LogP contribution is 2.57. The highest BCUT2D eigenvalue weighted by molar-refractivity contribution is 7.92. The Morgan fingerprint density at radius 3 is 2.16 bits per heavy atom. The Bertz CT molecular complexity index is 1870. The molecular weight excluding hydrogens is 750 g/mol. The number of benzene rings is 2. The lowest BCUT2D eigenvalue weighted by atomic mass is 9.76. The van der Waals surface area contributed by atoms with Crippen LogP contribution in [0.5, 0.6) is 0 Å². The van der Waals surface area contributed by atoms with Gasteiger partial charge in [0.2, 0.25) is 5.91 Å². The predicted molar refractivity (Wildman–Crippen MR) is 157 cm³/mol. The molecule has 2 aliphatic heterocycles. The summed E-state index contributed by atoms with van der Waals surface area (Å²) in [4.78, 5) is 46.7. The van der Waals surface area contributed by atoms with Crippen molar-refractivity contribution in [2.75, 3.05) is 13.1 Å². The van der Waals surface area contributed by atoms with Crippen LogP contribution in [0.3, 0.4) is 0 Å². The fraction of sp³-hybridized carbons (Fsp3) is 0.533. The Kier molecular flexibility index (Phi) is 9.53. The van der Waals surface area contributed by atoms with Crippen LogP contribution in [0.25, 0.3) is 0 Å². The number of fused-ring (bicyclic) bond motifs is 3. The van der Waals surface area contributed by atoms with Gasteiger partial charge in [-0.05, 0) is 68.5 Å². The molecule has 282 valence electrons. The smallest absolute Gasteiger partial charge is 0.336 e. The van der Waals surface area contributed by atoms with Crippen molar-refractivity contribution in [2.45, 2.75) is 91.1 Å². The third-order valence-corrected chi connectivity index (χ3v) is 12.8. The highest BCUT2D eigenvalue weighted by Gasteiger charge is 2.74. The zero-order valence-corrected chi connectivity index (χ0v) is 28.2. The molecular formula is C30H30F9N2O8PS. The quantitative estimate of drug-likeness (QED) is 0.213. The van der Waals surface area contributed by atoms with E-state index in [2.05, 4.69) is 0 Å². The predicted octanol–water partition coefficient (Wildman–Crippen LogP) is 5.16. The van der Waals surface area contributed by atoms with Crippen molar-refractivity contribution in [1.29, 1.82) is 0 Å². The van der Waals surface area contributed by atoms with Crippen LogP contribution in [0, 0.1) is 5.82 Å². The van der Waals surface area contributed by atoms with Gasteiger partial charge in [-0.25, -0.2) is 26.2 Å². The molecule has 0 unspecified atom stereocenters. The van der Waals surface area contributed by atoms with Gasteiger partial charge >= 0.3 is 25.8 Å². The Labute approximate surface area is 284 Å². The summed E-state index contributed by atoms with van der Waals surface area (Å²) in [7, 11) is -9.98. The van der Waals surface area contributed by atoms with E-state index in [0.29, 0.717) is 11.0 Å². The van der Waals surface area contributed by atoms with Crippen LogP contribution >= 0.6 is 7.82 Å². The summed E-state index contributed by atoms with van der Waals surface area (Å²) in [5.74, 6) is -3.09. The lowest BCUT2D eigenvalue weighted by molar-refractivity contribution is -0.348. The maximum absolute atomic E-state index is 15.1. The third kappa shape index (κ3) is 6.44. The first kappa shape index (κ1) is 39.0. The molecule has 10 nitrogen and oxygen atoms in total. The van der Waals surface area contributed by atoms with Gasteiger partial charge < -0.3 is 19.6 Å². The summed E-state index contributed by atoms with van der Waals surface area (Å²) in [6, 6.07) is 1.32. The van der Waals surface area contributed by atoms with Crippen LogP contribution < -0.4 is 0 Å². The third-order valence-electron chi connectivity index (χ3n) is 9.51. The van der Waals surface area contributed by atoms with Crippen LogP contribution in [0.2, 0.25) is 0 Å². The average Bonchev–Trinajstić information content (AvgIpc) is 3.52. The average molecular weight is 781 g/mol. The number of hydrogen-bond acceptors (Lipinski definition) is 6. The van der Waals surface area contributed by atoms with Gasteiger partial charge in [0.05, 0.1) is 23.1 Å². The normalized spacial score (nSPS) is 24.9. The lowest BCUT2D eigenvalue weighted by Gasteiger charge is -2.44. The molecule has 2 saturated heterocycles. The molecule has 5 rings (SSSR count). The minimum atomic E-state index is -6.46. The van der Waals surface area contributed by atoms with Gasteiger partial charge in [-0.1, -0.05) is 18.2 Å². The second kappa shape index (κ2) is 12.5. The number of likely N-dealkylation sites (tertiary alicyclic amines) is 2. The Balaban J connectivity index is 1.62. The van der Waals surface area contributed by atoms with E-state index in [1.807, 2.05) is 0 Å². The number of phosphoric acid groups is 1. The molecule has 51 heavy (non-hydrogen) atoms. The van der Waals surface area contributed by atoms with E-state index < -0.39 is 137 Å². The number of carbonyl (C=O) groups is 2. The van der Waals surface area contributed by atoms with E-state index in [4.69, 9.17) is 4.52 Å². The number of alkyl halides is 8. The zero-order valence-electron chi connectivity index (χ0n) is 26.5. The number of halogens is 9. The van der Waals surface area contributed by atoms with Gasteiger partial charge in [0, 0.05) is 18.5 Å². The van der Waals surface area contributed by atoms with Gasteiger partial charge in [0.1, 0.15) is 16.6 Å². The minimum absolute atomic E-state index is 0.169. The molecule has 2 aromatic rings. The number of rotatable bonds is 8. The van der Waals surface area contributed by atoms with Crippen molar-refractivity contribution < 1.29 is 76.4 Å². The van der Waals surface area contributed by atoms with E-state index in [0.717, 1.165) is 43.0 Å². The van der Waals surface area contributed by atoms with Crippen molar-refractivity contribution in [2.24, 2.45) is 0 Å². The fourth-order valence-corrected chi connectivity index (χ4v) is 10.5. The molecule has 0 bridgehead atoms. The number of sulfone groups is 1. The van der Waals surface area contributed by atoms with E-state index in [1.165, 1.54) is 0 Å². The summed E-state index contributed by atoms with van der Waals surface area (Å²) < 4.78 is 169. The standard InChI is InChI=1S/C30H30F9N2O8PS/c1-26(2,49-50(44,45)46)15-41-22(14-21(32)24(41)42)25(43)40-12-11-27(51(47,48)19-7-5-18(31)6-8-19)20-9-4-17(13-16(20)3-10-23(27)40)28(33,29(34,35)36)30(37,38)39/h4-9,13,21-23H,3,10-12,14-15H2,1-2H3,(H2,44,45,46)/t21-,22+,23-,27-/m1/s1. The van der Waals surface area contributed by atoms with E-state index in [9.17, 15) is 67.5 Å². The molecule has 2 amide bonds. The Morgan fingerprint density at radius 1 is 1.02 bits per heavy atom. The van der Waals surface area contributed by atoms with Crippen molar-refractivity contribution in [1.82, 2.24) is 9.80 Å². The first-order valence-corrected chi connectivity index (χ1v) is 18.2. The van der Waals surface area contributed by atoms with E-state index in [1.54, 1.807) is 0 Å². The second-order valence-electron chi connectivity index (χ2n) is 13.2. The number of amides is 2. The van der Waals surface area contributed by atoms with Crippen LogP contribution in [0.15, 0.2) is 47.4 Å². The molecule has 2 aromatic carbocycles. The molecule has 2 fully saturated rings. The molecule has 0 radical (unpaired) electrons.